The fourth-order valence-electron chi connectivity index (χ4n) is 2.07. The third kappa shape index (κ3) is 5.85. The fraction of sp³-hybridized carbons (Fsp3) is 0.714. The molecule has 1 N–H and O–H groups in total. The van der Waals surface area contributed by atoms with Gasteiger partial charge in [-0.15, -0.1) is 0 Å². The van der Waals surface area contributed by atoms with Gasteiger partial charge in [0.2, 0.25) is 0 Å². The SMILES string of the molecule is CNC(=O)OC(C)(C)C.Cn1ncc([N+](=O)[O-])c1C1CCCO1. The van der Waals surface area contributed by atoms with Crippen LogP contribution in [0.4, 0.5) is 10.5 Å². The number of alkyl carbamates (subject to hydrolysis) is 1. The predicted molar refractivity (Wildman–Crippen MR) is 83.1 cm³/mol. The Morgan fingerprint density at radius 1 is 1.57 bits per heavy atom. The van der Waals surface area contributed by atoms with Gasteiger partial charge in [-0.2, -0.15) is 5.10 Å². The van der Waals surface area contributed by atoms with E-state index in [2.05, 4.69) is 10.4 Å². The van der Waals surface area contributed by atoms with Crippen molar-refractivity contribution in [2.45, 2.75) is 45.3 Å². The van der Waals surface area contributed by atoms with E-state index in [0.717, 1.165) is 12.8 Å². The summed E-state index contributed by atoms with van der Waals surface area (Å²) in [5.74, 6) is 0. The molecule has 0 radical (unpaired) electrons. The van der Waals surface area contributed by atoms with E-state index in [0.29, 0.717) is 12.3 Å². The molecule has 1 atom stereocenters. The van der Waals surface area contributed by atoms with Gasteiger partial charge in [0.25, 0.3) is 0 Å². The second-order valence-electron chi connectivity index (χ2n) is 6.05. The molecule has 2 heterocycles. The number of rotatable bonds is 2. The van der Waals surface area contributed by atoms with Gasteiger partial charge in [-0.05, 0) is 33.6 Å². The highest BCUT2D eigenvalue weighted by Gasteiger charge is 2.29. The van der Waals surface area contributed by atoms with Gasteiger partial charge in [0.05, 0.1) is 4.92 Å². The Kier molecular flexibility index (Phi) is 6.49. The summed E-state index contributed by atoms with van der Waals surface area (Å²) in [5.41, 5.74) is 0.243. The van der Waals surface area contributed by atoms with Crippen LogP contribution in [0.5, 0.6) is 0 Å². The van der Waals surface area contributed by atoms with Gasteiger partial charge in [0.15, 0.2) is 0 Å². The number of carbonyl (C=O) groups excluding carboxylic acids is 1. The van der Waals surface area contributed by atoms with Crippen LogP contribution in [0, 0.1) is 10.1 Å². The lowest BCUT2D eigenvalue weighted by Gasteiger charge is -2.18. The van der Waals surface area contributed by atoms with Gasteiger partial charge in [-0.25, -0.2) is 4.79 Å². The normalized spacial score (nSPS) is 17.2. The largest absolute Gasteiger partial charge is 0.444 e. The van der Waals surface area contributed by atoms with Crippen LogP contribution in [0.2, 0.25) is 0 Å². The van der Waals surface area contributed by atoms with Crippen LogP contribution in [0.25, 0.3) is 0 Å². The molecule has 1 amide bonds. The van der Waals surface area contributed by atoms with Crippen molar-refractivity contribution in [1.29, 1.82) is 0 Å². The number of nitrogens with zero attached hydrogens (tertiary/aromatic N) is 3. The first-order valence-electron chi connectivity index (χ1n) is 7.34. The van der Waals surface area contributed by atoms with Crippen LogP contribution >= 0.6 is 0 Å². The van der Waals surface area contributed by atoms with Gasteiger partial charge in [-0.3, -0.25) is 14.8 Å². The van der Waals surface area contributed by atoms with E-state index in [1.165, 1.54) is 17.9 Å². The average Bonchev–Trinajstić information content (AvgIpc) is 3.05. The summed E-state index contributed by atoms with van der Waals surface area (Å²) in [4.78, 5) is 20.8. The molecule has 2 rings (SSSR count). The molecule has 1 fully saturated rings. The third-order valence-electron chi connectivity index (χ3n) is 3.00. The van der Waals surface area contributed by atoms with E-state index in [1.54, 1.807) is 7.05 Å². The molecule has 130 valence electrons. The Morgan fingerprint density at radius 3 is 2.61 bits per heavy atom. The minimum absolute atomic E-state index is 0.0550. The lowest BCUT2D eigenvalue weighted by molar-refractivity contribution is -0.386. The van der Waals surface area contributed by atoms with Gasteiger partial charge >= 0.3 is 11.8 Å². The van der Waals surface area contributed by atoms with Crippen LogP contribution in [0.15, 0.2) is 6.20 Å². The van der Waals surface area contributed by atoms with Crippen molar-refractivity contribution in [3.05, 3.63) is 22.0 Å². The van der Waals surface area contributed by atoms with Crippen molar-refractivity contribution in [2.75, 3.05) is 13.7 Å². The van der Waals surface area contributed by atoms with Gasteiger partial charge in [0, 0.05) is 20.7 Å². The number of ether oxygens (including phenoxy) is 2. The monoisotopic (exact) mass is 328 g/mol. The van der Waals surface area contributed by atoms with E-state index in [9.17, 15) is 14.9 Å². The van der Waals surface area contributed by atoms with Crippen LogP contribution in [0.1, 0.15) is 45.4 Å². The van der Waals surface area contributed by atoms with E-state index in [1.807, 2.05) is 20.8 Å². The van der Waals surface area contributed by atoms with Crippen LogP contribution in [-0.4, -0.2) is 40.1 Å². The van der Waals surface area contributed by atoms with Gasteiger partial charge in [0.1, 0.15) is 23.6 Å². The number of hydrogen-bond acceptors (Lipinski definition) is 6. The second kappa shape index (κ2) is 7.91. The number of aromatic nitrogens is 2. The maximum Gasteiger partial charge on any atom is 0.407 e. The maximum absolute atomic E-state index is 10.7. The summed E-state index contributed by atoms with van der Waals surface area (Å²) in [6.45, 7) is 6.14. The van der Waals surface area contributed by atoms with Crippen LogP contribution in [0.3, 0.4) is 0 Å². The topological polar surface area (TPSA) is 109 Å². The van der Waals surface area contributed by atoms with Crippen molar-refractivity contribution >= 4 is 11.8 Å². The van der Waals surface area contributed by atoms with E-state index in [4.69, 9.17) is 9.47 Å². The van der Waals surface area contributed by atoms with E-state index < -0.39 is 4.92 Å². The fourth-order valence-corrected chi connectivity index (χ4v) is 2.07. The number of hydrogen-bond donors (Lipinski definition) is 1. The molecule has 23 heavy (non-hydrogen) atoms. The van der Waals surface area contributed by atoms with Crippen molar-refractivity contribution in [1.82, 2.24) is 15.1 Å². The van der Waals surface area contributed by atoms with Crippen LogP contribution < -0.4 is 5.32 Å². The highest BCUT2D eigenvalue weighted by Crippen LogP contribution is 2.33. The minimum Gasteiger partial charge on any atom is -0.444 e. The maximum atomic E-state index is 10.7. The molecule has 9 heteroatoms. The molecule has 0 saturated carbocycles. The molecular formula is C14H24N4O5. The Balaban J connectivity index is 0.000000257. The smallest absolute Gasteiger partial charge is 0.407 e. The summed E-state index contributed by atoms with van der Waals surface area (Å²) in [5, 5.41) is 16.9. The van der Waals surface area contributed by atoms with Crippen molar-refractivity contribution in [2.24, 2.45) is 7.05 Å². The first-order valence-corrected chi connectivity index (χ1v) is 7.34. The Hall–Kier alpha value is -2.16. The predicted octanol–water partition coefficient (Wildman–Crippen LogP) is 2.32. The summed E-state index contributed by atoms with van der Waals surface area (Å²) >= 11 is 0. The standard InChI is InChI=1S/C8H11N3O3.C6H13NO2/c1-10-8(7-3-2-4-14-7)6(5-9-10)11(12)13;1-6(2,3)9-5(8)7-4/h5,7H,2-4H2,1H3;1-4H3,(H,7,8). The van der Waals surface area contributed by atoms with Crippen LogP contribution in [-0.2, 0) is 16.5 Å². The summed E-state index contributed by atoms with van der Waals surface area (Å²) in [6, 6.07) is 0. The number of carbonyl (C=O) groups is 1. The molecule has 0 aliphatic carbocycles. The third-order valence-corrected chi connectivity index (χ3v) is 3.00. The summed E-state index contributed by atoms with van der Waals surface area (Å²) < 4.78 is 11.8. The molecular weight excluding hydrogens is 304 g/mol. The van der Waals surface area contributed by atoms with E-state index >= 15 is 0 Å². The molecule has 0 spiro atoms. The van der Waals surface area contributed by atoms with Crippen molar-refractivity contribution in [3.8, 4) is 0 Å². The zero-order valence-electron chi connectivity index (χ0n) is 14.2. The molecule has 9 nitrogen and oxygen atoms in total. The quantitative estimate of drug-likeness (QED) is 0.659. The van der Waals surface area contributed by atoms with Crippen molar-refractivity contribution in [3.63, 3.8) is 0 Å². The Labute approximate surface area is 135 Å². The Bertz CT molecular complexity index is 544. The number of amides is 1. The van der Waals surface area contributed by atoms with E-state index in [-0.39, 0.29) is 23.5 Å². The van der Waals surface area contributed by atoms with Gasteiger partial charge in [-0.1, -0.05) is 0 Å². The first-order chi connectivity index (χ1) is 10.7. The highest BCUT2D eigenvalue weighted by atomic mass is 16.6. The molecule has 0 aromatic carbocycles. The number of nitrogens with one attached hydrogen (secondary N) is 1. The average molecular weight is 328 g/mol. The lowest BCUT2D eigenvalue weighted by Crippen LogP contribution is -2.30. The molecule has 1 aromatic rings. The Morgan fingerprint density at radius 2 is 2.22 bits per heavy atom. The zero-order valence-corrected chi connectivity index (χ0v) is 14.2. The van der Waals surface area contributed by atoms with Gasteiger partial charge < -0.3 is 14.8 Å². The number of nitro groups is 1. The zero-order chi connectivity index (χ0) is 17.6. The molecule has 1 saturated heterocycles. The van der Waals surface area contributed by atoms with Crippen molar-refractivity contribution < 1.29 is 19.2 Å². The second-order valence-corrected chi connectivity index (χ2v) is 6.05. The molecule has 1 unspecified atom stereocenters. The molecule has 1 aliphatic rings. The molecule has 0 bridgehead atoms. The highest BCUT2D eigenvalue weighted by molar-refractivity contribution is 5.67. The molecule has 1 aliphatic heterocycles. The summed E-state index contributed by atoms with van der Waals surface area (Å²) in [6.07, 6.45) is 2.51. The summed E-state index contributed by atoms with van der Waals surface area (Å²) in [7, 11) is 3.23. The first kappa shape index (κ1) is 18.9. The lowest BCUT2D eigenvalue weighted by atomic mass is 10.1. The molecule has 1 aromatic heterocycles. The number of aryl methyl sites for hydroxylation is 1. The minimum atomic E-state index is -0.413.